The van der Waals surface area contributed by atoms with E-state index in [4.69, 9.17) is 5.10 Å². The zero-order chi connectivity index (χ0) is 31.6. The predicted molar refractivity (Wildman–Crippen MR) is 161 cm³/mol. The molecule has 1 aliphatic heterocycles. The molecule has 44 heavy (non-hydrogen) atoms. The number of hydrogen-bond donors (Lipinski definition) is 0. The zero-order valence-corrected chi connectivity index (χ0v) is 24.8. The minimum atomic E-state index is -4.62. The van der Waals surface area contributed by atoms with E-state index in [-0.39, 0.29) is 11.9 Å². The number of anilines is 1. The molecule has 1 aliphatic rings. The highest BCUT2D eigenvalue weighted by molar-refractivity contribution is 7.90. The van der Waals surface area contributed by atoms with Crippen LogP contribution in [0.25, 0.3) is 0 Å². The lowest BCUT2D eigenvalue weighted by molar-refractivity contribution is -0.565. The van der Waals surface area contributed by atoms with Gasteiger partial charge in [-0.25, -0.2) is 4.57 Å². The van der Waals surface area contributed by atoms with Gasteiger partial charge in [-0.2, -0.15) is 26.9 Å². The van der Waals surface area contributed by atoms with E-state index in [1.165, 1.54) is 9.58 Å². The van der Waals surface area contributed by atoms with E-state index < -0.39 is 32.7 Å². The monoisotopic (exact) mass is 617 g/mol. The van der Waals surface area contributed by atoms with Gasteiger partial charge in [0.15, 0.2) is 0 Å². The van der Waals surface area contributed by atoms with Gasteiger partial charge in [0.1, 0.15) is 10.9 Å². The summed E-state index contributed by atoms with van der Waals surface area (Å²) >= 11 is 0. The molecule has 2 unspecified atom stereocenters. The Morgan fingerprint density at radius 3 is 2.11 bits per heavy atom. The highest BCUT2D eigenvalue weighted by atomic mass is 32.2. The zero-order valence-electron chi connectivity index (χ0n) is 24.0. The standard InChI is InChI=1S/C32H28F3N6O2S/c1-22-29(24-7-5-4-6-8-24)30(25-11-9-23(21-36)10-12-25)37-41(22)31(40-19-17-27(18-20-40)39(2)3)38-44(42,43)28-15-13-26(14-16-28)32(33,34)35/h4-20,22,29H,1-3H3/q+1/b38-31-. The lowest BCUT2D eigenvalue weighted by Crippen LogP contribution is -2.53. The van der Waals surface area contributed by atoms with Crippen molar-refractivity contribution in [1.82, 2.24) is 5.01 Å². The third-order valence-electron chi connectivity index (χ3n) is 7.29. The number of nitrogens with zero attached hydrogens (tertiary/aromatic N) is 6. The molecule has 8 nitrogen and oxygen atoms in total. The second-order valence-corrected chi connectivity index (χ2v) is 12.0. The molecule has 0 N–H and O–H groups in total. The average molecular weight is 618 g/mol. The highest BCUT2D eigenvalue weighted by Gasteiger charge is 2.45. The maximum absolute atomic E-state index is 13.6. The molecular formula is C32H28F3N6O2S+. The topological polar surface area (TPSA) is 93.0 Å². The first-order valence-electron chi connectivity index (χ1n) is 13.5. The lowest BCUT2D eigenvalue weighted by Gasteiger charge is -2.21. The van der Waals surface area contributed by atoms with Crippen molar-refractivity contribution in [3.8, 4) is 6.07 Å². The van der Waals surface area contributed by atoms with Crippen molar-refractivity contribution in [3.05, 3.63) is 126 Å². The van der Waals surface area contributed by atoms with E-state index in [1.807, 2.05) is 56.3 Å². The number of benzene rings is 3. The first kappa shape index (κ1) is 30.4. The maximum Gasteiger partial charge on any atom is 0.435 e. The Morgan fingerprint density at radius 2 is 1.57 bits per heavy atom. The maximum atomic E-state index is 13.6. The smallest absolute Gasteiger partial charge is 0.377 e. The van der Waals surface area contributed by atoms with Crippen LogP contribution in [-0.4, -0.2) is 45.2 Å². The fourth-order valence-corrected chi connectivity index (χ4v) is 5.93. The number of pyridine rings is 1. The summed E-state index contributed by atoms with van der Waals surface area (Å²) < 4.78 is 72.3. The molecule has 0 saturated carbocycles. The molecular weight excluding hydrogens is 589 g/mol. The second kappa shape index (κ2) is 11.9. The summed E-state index contributed by atoms with van der Waals surface area (Å²) in [6.45, 7) is 1.90. The van der Waals surface area contributed by atoms with E-state index in [1.54, 1.807) is 48.8 Å². The van der Waals surface area contributed by atoms with Crippen molar-refractivity contribution < 1.29 is 26.2 Å². The van der Waals surface area contributed by atoms with Crippen molar-refractivity contribution in [2.24, 2.45) is 9.50 Å². The van der Waals surface area contributed by atoms with Crippen LogP contribution in [0.2, 0.25) is 0 Å². The molecule has 4 aromatic rings. The number of hydrogen-bond acceptors (Lipinski definition) is 5. The van der Waals surface area contributed by atoms with Gasteiger partial charge in [-0.3, -0.25) is 0 Å². The van der Waals surface area contributed by atoms with E-state index in [0.717, 1.165) is 28.9 Å². The van der Waals surface area contributed by atoms with Crippen molar-refractivity contribution in [1.29, 1.82) is 5.26 Å². The van der Waals surface area contributed by atoms with Crippen molar-refractivity contribution >= 4 is 27.4 Å². The first-order valence-corrected chi connectivity index (χ1v) is 15.0. The SMILES string of the molecule is CC1C(c2ccccc2)C(c2ccc(C#N)cc2)=NN1/C(=N\S(=O)(=O)c1ccc(C(F)(F)F)cc1)[n+]1ccc(N(C)C)cc1. The predicted octanol–water partition coefficient (Wildman–Crippen LogP) is 5.42. The van der Waals surface area contributed by atoms with Crippen LogP contribution in [0.4, 0.5) is 18.9 Å². The molecule has 1 aromatic heterocycles. The quantitative estimate of drug-likeness (QED) is 0.170. The van der Waals surface area contributed by atoms with Crippen molar-refractivity contribution in [2.45, 2.75) is 30.0 Å². The molecule has 0 aliphatic carbocycles. The summed E-state index contributed by atoms with van der Waals surface area (Å²) in [5.41, 5.74) is 2.68. The van der Waals surface area contributed by atoms with Gasteiger partial charge in [-0.05, 0) is 66.6 Å². The molecule has 0 fully saturated rings. The summed E-state index contributed by atoms with van der Waals surface area (Å²) in [4.78, 5) is 1.49. The summed E-state index contributed by atoms with van der Waals surface area (Å²) in [5, 5.41) is 15.7. The van der Waals surface area contributed by atoms with Gasteiger partial charge in [-0.1, -0.05) is 42.5 Å². The van der Waals surface area contributed by atoms with Gasteiger partial charge in [-0.15, -0.1) is 10.1 Å². The molecule has 0 bridgehead atoms. The van der Waals surface area contributed by atoms with Gasteiger partial charge in [0.2, 0.25) is 0 Å². The molecule has 3 aromatic carbocycles. The normalized spacial score (nSPS) is 17.2. The molecule has 0 spiro atoms. The van der Waals surface area contributed by atoms with Gasteiger partial charge >= 0.3 is 22.2 Å². The van der Waals surface area contributed by atoms with Crippen molar-refractivity contribution in [3.63, 3.8) is 0 Å². The van der Waals surface area contributed by atoms with Gasteiger partial charge in [0.05, 0.1) is 41.2 Å². The minimum absolute atomic E-state index is 0.0627. The minimum Gasteiger partial charge on any atom is -0.377 e. The Balaban J connectivity index is 1.67. The number of aromatic nitrogens is 1. The highest BCUT2D eigenvalue weighted by Crippen LogP contribution is 2.35. The number of hydrazone groups is 1. The summed E-state index contributed by atoms with van der Waals surface area (Å²) in [5.74, 6) is -0.378. The van der Waals surface area contributed by atoms with Gasteiger partial charge in [0.25, 0.3) is 0 Å². The number of halogens is 3. The Hall–Kier alpha value is -5.02. The Kier molecular flexibility index (Phi) is 8.25. The molecule has 0 amide bonds. The molecule has 0 saturated heterocycles. The van der Waals surface area contributed by atoms with Crippen LogP contribution in [0, 0.1) is 11.3 Å². The van der Waals surface area contributed by atoms with Crippen LogP contribution in [0.15, 0.2) is 118 Å². The Morgan fingerprint density at radius 1 is 0.955 bits per heavy atom. The van der Waals surface area contributed by atoms with Crippen LogP contribution >= 0.6 is 0 Å². The number of alkyl halides is 3. The summed E-state index contributed by atoms with van der Waals surface area (Å²) in [6.07, 6.45) is -1.32. The molecule has 0 radical (unpaired) electrons. The van der Waals surface area contributed by atoms with Crippen LogP contribution in [0.5, 0.6) is 0 Å². The number of nitriles is 1. The summed E-state index contributed by atoms with van der Waals surface area (Å²) in [6, 6.07) is 25.0. The summed E-state index contributed by atoms with van der Waals surface area (Å²) in [7, 11) is -0.756. The molecule has 5 rings (SSSR count). The molecule has 224 valence electrons. The fourth-order valence-electron chi connectivity index (χ4n) is 4.95. The average Bonchev–Trinajstić information content (AvgIpc) is 3.36. The first-order chi connectivity index (χ1) is 20.9. The van der Waals surface area contributed by atoms with Crippen LogP contribution in [0.3, 0.4) is 0 Å². The van der Waals surface area contributed by atoms with Crippen LogP contribution in [-0.2, 0) is 16.2 Å². The van der Waals surface area contributed by atoms with Gasteiger partial charge < -0.3 is 4.90 Å². The second-order valence-electron chi connectivity index (χ2n) is 10.4. The van der Waals surface area contributed by atoms with Gasteiger partial charge in [0, 0.05) is 24.2 Å². The Labute approximate surface area is 253 Å². The third kappa shape index (κ3) is 6.18. The molecule has 2 heterocycles. The third-order valence-corrected chi connectivity index (χ3v) is 8.56. The van der Waals surface area contributed by atoms with E-state index in [0.29, 0.717) is 23.4 Å². The van der Waals surface area contributed by atoms with Crippen LogP contribution < -0.4 is 9.47 Å². The molecule has 12 heteroatoms. The van der Waals surface area contributed by atoms with E-state index in [2.05, 4.69) is 10.5 Å². The van der Waals surface area contributed by atoms with E-state index in [9.17, 15) is 26.9 Å². The van der Waals surface area contributed by atoms with Crippen molar-refractivity contribution in [2.75, 3.05) is 19.0 Å². The largest absolute Gasteiger partial charge is 0.435 e. The fraction of sp³-hybridized carbons (Fsp3) is 0.188. The molecule has 2 atom stereocenters. The number of sulfonamides is 1. The Bertz CT molecular complexity index is 1850. The number of rotatable bonds is 5. The van der Waals surface area contributed by atoms with E-state index >= 15 is 0 Å². The lowest BCUT2D eigenvalue weighted by atomic mass is 9.85. The van der Waals surface area contributed by atoms with Crippen LogP contribution in [0.1, 0.15) is 35.1 Å².